The molecule has 0 saturated carbocycles. The molecule has 0 N–H and O–H groups in total. The molecule has 0 bridgehead atoms. The lowest BCUT2D eigenvalue weighted by molar-refractivity contribution is -0.108. The second-order valence-electron chi connectivity index (χ2n) is 5.93. The van der Waals surface area contributed by atoms with Gasteiger partial charge in [0.2, 0.25) is 0 Å². The van der Waals surface area contributed by atoms with Crippen LogP contribution in [0.2, 0.25) is 0 Å². The molecule has 98 valence electrons. The first-order valence-electron chi connectivity index (χ1n) is 6.76. The fourth-order valence-corrected chi connectivity index (χ4v) is 3.59. The van der Waals surface area contributed by atoms with Gasteiger partial charge < -0.3 is 9.69 Å². The molecule has 0 spiro atoms. The van der Waals surface area contributed by atoms with Crippen molar-refractivity contribution in [2.75, 3.05) is 11.9 Å². The number of aldehydes is 1. The topological polar surface area (TPSA) is 20.3 Å². The number of hydrogen-bond donors (Lipinski definition) is 0. The molecular weight excluding hydrogens is 234 g/mol. The third-order valence-electron chi connectivity index (χ3n) is 4.55. The summed E-state index contributed by atoms with van der Waals surface area (Å²) in [5, 5.41) is 2.58. The zero-order valence-electron chi connectivity index (χ0n) is 11.7. The van der Waals surface area contributed by atoms with Crippen LogP contribution >= 0.6 is 0 Å². The number of nitrogens with zero attached hydrogens (tertiary/aromatic N) is 1. The number of anilines is 1. The summed E-state index contributed by atoms with van der Waals surface area (Å²) in [6.07, 6.45) is 1.61. The first kappa shape index (κ1) is 12.2. The molecule has 0 saturated heterocycles. The second kappa shape index (κ2) is 4.09. The van der Waals surface area contributed by atoms with Crippen molar-refractivity contribution < 1.29 is 4.79 Å². The summed E-state index contributed by atoms with van der Waals surface area (Å²) in [6, 6.07) is 13.1. The van der Waals surface area contributed by atoms with Crippen molar-refractivity contribution in [3.63, 3.8) is 0 Å². The van der Waals surface area contributed by atoms with Crippen molar-refractivity contribution in [1.29, 1.82) is 0 Å². The van der Waals surface area contributed by atoms with E-state index in [1.54, 1.807) is 0 Å². The van der Waals surface area contributed by atoms with E-state index >= 15 is 0 Å². The summed E-state index contributed by atoms with van der Waals surface area (Å²) in [5.41, 5.74) is 2.63. The van der Waals surface area contributed by atoms with Gasteiger partial charge in [0.25, 0.3) is 0 Å². The lowest BCUT2D eigenvalue weighted by Crippen LogP contribution is -2.39. The first-order valence-corrected chi connectivity index (χ1v) is 6.76. The number of hydrogen-bond acceptors (Lipinski definition) is 2. The van der Waals surface area contributed by atoms with Gasteiger partial charge in [-0.3, -0.25) is 0 Å². The first-order chi connectivity index (χ1) is 9.07. The molecule has 2 heteroatoms. The Bertz CT molecular complexity index is 645. The number of benzene rings is 2. The Balaban J connectivity index is 2.30. The van der Waals surface area contributed by atoms with Gasteiger partial charge in [-0.15, -0.1) is 0 Å². The van der Waals surface area contributed by atoms with Crippen LogP contribution < -0.4 is 4.90 Å². The number of fused-ring (bicyclic) bond motifs is 3. The monoisotopic (exact) mass is 253 g/mol. The third kappa shape index (κ3) is 1.59. The van der Waals surface area contributed by atoms with Gasteiger partial charge in [-0.25, -0.2) is 0 Å². The minimum absolute atomic E-state index is 0.00808. The molecule has 0 radical (unpaired) electrons. The SMILES string of the molecule is CN1c2ccc3ccccc3c2C(C)(C)C1CC=O. The van der Waals surface area contributed by atoms with Gasteiger partial charge >= 0.3 is 0 Å². The number of rotatable bonds is 2. The van der Waals surface area contributed by atoms with Crippen LogP contribution in [0.1, 0.15) is 25.8 Å². The van der Waals surface area contributed by atoms with Gasteiger partial charge in [0.05, 0.1) is 0 Å². The molecule has 0 aliphatic carbocycles. The second-order valence-corrected chi connectivity index (χ2v) is 5.93. The predicted molar refractivity (Wildman–Crippen MR) is 79.8 cm³/mol. The van der Waals surface area contributed by atoms with Crippen LogP contribution in [0.25, 0.3) is 10.8 Å². The van der Waals surface area contributed by atoms with Crippen LogP contribution in [0, 0.1) is 0 Å². The Labute approximate surface area is 114 Å². The summed E-state index contributed by atoms with van der Waals surface area (Å²) < 4.78 is 0. The van der Waals surface area contributed by atoms with Crippen LogP contribution in [-0.4, -0.2) is 19.4 Å². The van der Waals surface area contributed by atoms with E-state index in [1.807, 2.05) is 0 Å². The maximum atomic E-state index is 11.0. The molecule has 19 heavy (non-hydrogen) atoms. The van der Waals surface area contributed by atoms with Crippen molar-refractivity contribution in [2.24, 2.45) is 0 Å². The van der Waals surface area contributed by atoms with E-state index in [4.69, 9.17) is 0 Å². The van der Waals surface area contributed by atoms with Crippen molar-refractivity contribution in [2.45, 2.75) is 31.7 Å². The van der Waals surface area contributed by atoms with Gasteiger partial charge in [-0.05, 0) is 22.4 Å². The van der Waals surface area contributed by atoms with E-state index in [-0.39, 0.29) is 11.5 Å². The van der Waals surface area contributed by atoms with Crippen LogP contribution in [0.3, 0.4) is 0 Å². The summed E-state index contributed by atoms with van der Waals surface area (Å²) >= 11 is 0. The highest BCUT2D eigenvalue weighted by Crippen LogP contribution is 2.48. The largest absolute Gasteiger partial charge is 0.370 e. The highest BCUT2D eigenvalue weighted by Gasteiger charge is 2.43. The normalized spacial score (nSPS) is 20.6. The molecular formula is C17H19NO. The van der Waals surface area contributed by atoms with Crippen molar-refractivity contribution in [3.05, 3.63) is 42.0 Å². The maximum absolute atomic E-state index is 11.0. The van der Waals surface area contributed by atoms with E-state index in [2.05, 4.69) is 62.2 Å². The van der Waals surface area contributed by atoms with Gasteiger partial charge in [0.1, 0.15) is 6.29 Å². The molecule has 2 aromatic rings. The molecule has 2 aromatic carbocycles. The molecule has 1 aliphatic rings. The molecule has 0 fully saturated rings. The number of carbonyl (C=O) groups is 1. The minimum atomic E-state index is -0.00808. The number of carbonyl (C=O) groups excluding carboxylic acids is 1. The lowest BCUT2D eigenvalue weighted by Gasteiger charge is -2.31. The molecule has 3 rings (SSSR count). The van der Waals surface area contributed by atoms with Crippen molar-refractivity contribution >= 4 is 22.7 Å². The fourth-order valence-electron chi connectivity index (χ4n) is 3.59. The zero-order chi connectivity index (χ0) is 13.6. The van der Waals surface area contributed by atoms with Gasteiger partial charge in [0.15, 0.2) is 0 Å². The third-order valence-corrected chi connectivity index (χ3v) is 4.55. The number of likely N-dealkylation sites (N-methyl/N-ethyl adjacent to an activating group) is 1. The predicted octanol–water partition coefficient (Wildman–Crippen LogP) is 3.52. The van der Waals surface area contributed by atoms with E-state index in [9.17, 15) is 4.79 Å². The summed E-state index contributed by atoms with van der Waals surface area (Å²) in [5.74, 6) is 0. The highest BCUT2D eigenvalue weighted by molar-refractivity contribution is 5.93. The Hall–Kier alpha value is -1.83. The average Bonchev–Trinajstić information content (AvgIpc) is 2.60. The molecule has 1 unspecified atom stereocenters. The van der Waals surface area contributed by atoms with Gasteiger partial charge in [-0.1, -0.05) is 44.2 Å². The van der Waals surface area contributed by atoms with Gasteiger partial charge in [0, 0.05) is 30.6 Å². The summed E-state index contributed by atoms with van der Waals surface area (Å²) in [4.78, 5) is 13.2. The van der Waals surface area contributed by atoms with E-state index in [0.29, 0.717) is 6.42 Å². The Morgan fingerprint density at radius 3 is 2.68 bits per heavy atom. The summed E-state index contributed by atoms with van der Waals surface area (Å²) in [6.45, 7) is 4.49. The summed E-state index contributed by atoms with van der Waals surface area (Å²) in [7, 11) is 2.09. The molecule has 0 amide bonds. The quantitative estimate of drug-likeness (QED) is 0.763. The van der Waals surface area contributed by atoms with E-state index < -0.39 is 0 Å². The van der Waals surface area contributed by atoms with Gasteiger partial charge in [-0.2, -0.15) is 0 Å². The highest BCUT2D eigenvalue weighted by atomic mass is 16.1. The molecule has 1 atom stereocenters. The fraction of sp³-hybridized carbons (Fsp3) is 0.353. The molecule has 0 aromatic heterocycles. The van der Waals surface area contributed by atoms with Crippen LogP contribution in [0.5, 0.6) is 0 Å². The van der Waals surface area contributed by atoms with E-state index in [0.717, 1.165) is 6.29 Å². The van der Waals surface area contributed by atoms with Crippen LogP contribution in [-0.2, 0) is 10.2 Å². The molecule has 2 nitrogen and oxygen atoms in total. The Morgan fingerprint density at radius 2 is 1.95 bits per heavy atom. The van der Waals surface area contributed by atoms with Crippen LogP contribution in [0.15, 0.2) is 36.4 Å². The van der Waals surface area contributed by atoms with Crippen molar-refractivity contribution in [3.8, 4) is 0 Å². The van der Waals surface area contributed by atoms with Crippen molar-refractivity contribution in [1.82, 2.24) is 0 Å². The maximum Gasteiger partial charge on any atom is 0.122 e. The lowest BCUT2D eigenvalue weighted by atomic mass is 9.77. The standard InChI is InChI=1S/C17H19NO/c1-17(2)15(10-11-19)18(3)14-9-8-12-6-4-5-7-13(12)16(14)17/h4-9,11,15H,10H2,1-3H3. The molecule has 1 heterocycles. The minimum Gasteiger partial charge on any atom is -0.370 e. The zero-order valence-corrected chi connectivity index (χ0v) is 11.7. The van der Waals surface area contributed by atoms with Crippen LogP contribution in [0.4, 0.5) is 5.69 Å². The average molecular weight is 253 g/mol. The Morgan fingerprint density at radius 1 is 1.21 bits per heavy atom. The Kier molecular flexibility index (Phi) is 2.63. The smallest absolute Gasteiger partial charge is 0.122 e. The molecule has 1 aliphatic heterocycles. The van der Waals surface area contributed by atoms with E-state index in [1.165, 1.54) is 22.0 Å².